The van der Waals surface area contributed by atoms with Crippen molar-refractivity contribution in [3.8, 4) is 23.1 Å². The summed E-state index contributed by atoms with van der Waals surface area (Å²) < 4.78 is 21.9. The van der Waals surface area contributed by atoms with Gasteiger partial charge in [0.2, 0.25) is 0 Å². The number of rotatable bonds is 1. The maximum atomic E-state index is 14.1. The lowest BCUT2D eigenvalue weighted by Gasteiger charge is -2.22. The first-order chi connectivity index (χ1) is 14.9. The minimum absolute atomic E-state index is 0.168. The third-order valence-electron chi connectivity index (χ3n) is 5.10. The number of aromatic nitrogens is 3. The van der Waals surface area contributed by atoms with Crippen LogP contribution in [0, 0.1) is 22.6 Å². The van der Waals surface area contributed by atoms with E-state index in [-0.39, 0.29) is 23.8 Å². The van der Waals surface area contributed by atoms with Gasteiger partial charge in [-0.3, -0.25) is 5.41 Å². The van der Waals surface area contributed by atoms with Crippen LogP contribution >= 0.6 is 0 Å². The van der Waals surface area contributed by atoms with Crippen molar-refractivity contribution in [3.05, 3.63) is 71.2 Å². The number of ether oxygens (including phenoxy) is 1. The molecule has 3 aromatic rings. The third-order valence-corrected chi connectivity index (χ3v) is 5.10. The number of nitrogens with zero attached hydrogens (tertiary/aromatic N) is 4. The number of pyridine rings is 1. The smallest absolute Gasteiger partial charge is 0.166 e. The molecule has 0 saturated heterocycles. The zero-order valence-corrected chi connectivity index (χ0v) is 17.0. The van der Waals surface area contributed by atoms with Crippen molar-refractivity contribution in [1.29, 1.82) is 10.7 Å². The van der Waals surface area contributed by atoms with Gasteiger partial charge in [0.15, 0.2) is 17.3 Å². The van der Waals surface area contributed by atoms with E-state index in [0.29, 0.717) is 33.7 Å². The van der Waals surface area contributed by atoms with Gasteiger partial charge in [-0.2, -0.15) is 5.26 Å². The molecule has 3 heterocycles. The van der Waals surface area contributed by atoms with E-state index < -0.39 is 11.9 Å². The van der Waals surface area contributed by atoms with Gasteiger partial charge in [0.1, 0.15) is 18.0 Å². The molecule has 9 heteroatoms. The molecule has 1 aliphatic rings. The molecule has 0 fully saturated rings. The lowest BCUT2D eigenvalue weighted by atomic mass is 9.94. The highest BCUT2D eigenvalue weighted by atomic mass is 19.1. The van der Waals surface area contributed by atoms with E-state index in [1.807, 2.05) is 0 Å². The summed E-state index contributed by atoms with van der Waals surface area (Å²) in [6, 6.07) is 8.04. The molecule has 2 aromatic heterocycles. The molecule has 0 aliphatic carbocycles. The van der Waals surface area contributed by atoms with Crippen LogP contribution in [-0.2, 0) is 6.54 Å². The van der Waals surface area contributed by atoms with Crippen LogP contribution in [0.2, 0.25) is 0 Å². The van der Waals surface area contributed by atoms with Crippen LogP contribution in [0.4, 0.5) is 10.2 Å². The molecule has 156 valence electrons. The summed E-state index contributed by atoms with van der Waals surface area (Å²) in [7, 11) is 1.74. The Morgan fingerprint density at radius 3 is 2.94 bits per heavy atom. The van der Waals surface area contributed by atoms with Crippen LogP contribution in [0.1, 0.15) is 29.8 Å². The van der Waals surface area contributed by atoms with Gasteiger partial charge in [-0.15, -0.1) is 0 Å². The number of benzene rings is 1. The van der Waals surface area contributed by atoms with Gasteiger partial charge in [0, 0.05) is 41.7 Å². The summed E-state index contributed by atoms with van der Waals surface area (Å²) in [5.41, 5.74) is 9.25. The molecule has 0 amide bonds. The highest BCUT2D eigenvalue weighted by molar-refractivity contribution is 6.11. The summed E-state index contributed by atoms with van der Waals surface area (Å²) in [6.07, 6.45) is 4.19. The summed E-state index contributed by atoms with van der Waals surface area (Å²) in [5.74, 6) is 0.0413. The Hall–Kier alpha value is -4.19. The van der Waals surface area contributed by atoms with Gasteiger partial charge in [-0.25, -0.2) is 14.4 Å². The van der Waals surface area contributed by atoms with Crippen molar-refractivity contribution >= 4 is 11.5 Å². The van der Waals surface area contributed by atoms with E-state index in [9.17, 15) is 9.65 Å². The monoisotopic (exact) mass is 417 g/mol. The number of nitriles is 1. The van der Waals surface area contributed by atoms with Crippen molar-refractivity contribution in [2.24, 2.45) is 0 Å². The summed E-state index contributed by atoms with van der Waals surface area (Å²) in [6.45, 7) is 2.02. The number of halogens is 1. The minimum Gasteiger partial charge on any atom is -0.482 e. The normalized spacial score (nSPS) is 16.9. The molecule has 0 unspecified atom stereocenters. The van der Waals surface area contributed by atoms with E-state index in [0.717, 1.165) is 0 Å². The lowest BCUT2D eigenvalue weighted by molar-refractivity contribution is 0.227. The van der Waals surface area contributed by atoms with Gasteiger partial charge in [0.05, 0.1) is 24.3 Å². The molecule has 0 spiro atoms. The Balaban J connectivity index is 2.00. The van der Waals surface area contributed by atoms with Gasteiger partial charge >= 0.3 is 0 Å². The maximum absolute atomic E-state index is 14.1. The van der Waals surface area contributed by atoms with Gasteiger partial charge in [-0.1, -0.05) is 0 Å². The SMILES string of the molecule is CN/C=C1/Cn2cnc(C#N)c2-c2cnc(N)c(c2)O[C@H](C)c2cc(F)ccc2C1=N. The fourth-order valence-electron chi connectivity index (χ4n) is 3.64. The average molecular weight is 417 g/mol. The molecule has 2 bridgehead atoms. The van der Waals surface area contributed by atoms with Crippen molar-refractivity contribution in [2.45, 2.75) is 19.6 Å². The highest BCUT2D eigenvalue weighted by Crippen LogP contribution is 2.34. The fraction of sp³-hybridized carbons (Fsp3) is 0.182. The van der Waals surface area contributed by atoms with Crippen LogP contribution in [0.25, 0.3) is 11.3 Å². The summed E-state index contributed by atoms with van der Waals surface area (Å²) in [4.78, 5) is 8.43. The summed E-state index contributed by atoms with van der Waals surface area (Å²) in [5, 5.41) is 21.4. The number of anilines is 1. The molecular weight excluding hydrogens is 397 g/mol. The Morgan fingerprint density at radius 2 is 2.19 bits per heavy atom. The molecule has 0 radical (unpaired) electrons. The second-order valence-corrected chi connectivity index (χ2v) is 7.11. The molecule has 1 aromatic carbocycles. The number of nitrogens with two attached hydrogens (primary N) is 1. The molecule has 1 atom stereocenters. The first-order valence-electron chi connectivity index (χ1n) is 9.55. The zero-order valence-electron chi connectivity index (χ0n) is 17.0. The largest absolute Gasteiger partial charge is 0.482 e. The van der Waals surface area contributed by atoms with Crippen LogP contribution in [-0.4, -0.2) is 27.3 Å². The third kappa shape index (κ3) is 3.59. The van der Waals surface area contributed by atoms with Gasteiger partial charge in [-0.05, 0) is 31.2 Å². The second kappa shape index (κ2) is 7.91. The Morgan fingerprint density at radius 1 is 1.39 bits per heavy atom. The van der Waals surface area contributed by atoms with Crippen molar-refractivity contribution in [1.82, 2.24) is 19.9 Å². The van der Waals surface area contributed by atoms with Crippen molar-refractivity contribution in [3.63, 3.8) is 0 Å². The zero-order chi connectivity index (χ0) is 22.1. The molecule has 4 rings (SSSR count). The molecule has 0 saturated carbocycles. The number of fused-ring (bicyclic) bond motifs is 5. The molecular formula is C22H20FN7O. The van der Waals surface area contributed by atoms with Crippen molar-refractivity contribution < 1.29 is 9.13 Å². The molecule has 1 aliphatic heterocycles. The Bertz CT molecular complexity index is 1260. The molecule has 31 heavy (non-hydrogen) atoms. The quantitative estimate of drug-likeness (QED) is 0.558. The Labute approximate surface area is 178 Å². The first-order valence-corrected chi connectivity index (χ1v) is 9.55. The number of nitrogen functional groups attached to an aromatic ring is 1. The topological polar surface area (TPSA) is 126 Å². The lowest BCUT2D eigenvalue weighted by Crippen LogP contribution is -2.18. The van der Waals surface area contributed by atoms with Crippen molar-refractivity contribution in [2.75, 3.05) is 12.8 Å². The fourth-order valence-corrected chi connectivity index (χ4v) is 3.64. The van der Waals surface area contributed by atoms with Gasteiger partial charge < -0.3 is 20.4 Å². The van der Waals surface area contributed by atoms with E-state index in [4.69, 9.17) is 15.9 Å². The predicted molar refractivity (Wildman–Crippen MR) is 114 cm³/mol. The number of nitrogens with one attached hydrogen (secondary N) is 2. The van der Waals surface area contributed by atoms with E-state index in [1.54, 1.807) is 49.4 Å². The number of hydrogen-bond donors (Lipinski definition) is 3. The van der Waals surface area contributed by atoms with Crippen LogP contribution in [0.5, 0.6) is 5.75 Å². The van der Waals surface area contributed by atoms with Crippen LogP contribution in [0.15, 0.2) is 48.6 Å². The van der Waals surface area contributed by atoms with Crippen LogP contribution < -0.4 is 15.8 Å². The predicted octanol–water partition coefficient (Wildman–Crippen LogP) is 3.16. The average Bonchev–Trinajstić information content (AvgIpc) is 3.16. The van der Waals surface area contributed by atoms with Crippen LogP contribution in [0.3, 0.4) is 0 Å². The van der Waals surface area contributed by atoms with E-state index in [2.05, 4.69) is 21.4 Å². The Kier molecular flexibility index (Phi) is 5.13. The standard InChI is InChI=1S/C22H20FN7O/c1-12-17-6-15(23)3-4-16(17)20(25)14(8-27-2)10-30-11-29-18(7-24)21(30)13-5-19(31-12)22(26)28-9-13/h3-6,8-9,11-12,25,27H,10H2,1-2H3,(H2,26,28)/b14-8-,25-20?/t12-/m1/s1. The maximum Gasteiger partial charge on any atom is 0.166 e. The number of imidazole rings is 1. The number of hydrogen-bond acceptors (Lipinski definition) is 7. The van der Waals surface area contributed by atoms with E-state index >= 15 is 0 Å². The van der Waals surface area contributed by atoms with Gasteiger partial charge in [0.25, 0.3) is 0 Å². The molecule has 8 nitrogen and oxygen atoms in total. The molecule has 4 N–H and O–H groups in total. The second-order valence-electron chi connectivity index (χ2n) is 7.11. The number of allylic oxidation sites excluding steroid dienone is 1. The first kappa shape index (κ1) is 20.1. The minimum atomic E-state index is -0.610. The van der Waals surface area contributed by atoms with E-state index in [1.165, 1.54) is 12.1 Å². The summed E-state index contributed by atoms with van der Waals surface area (Å²) >= 11 is 0. The highest BCUT2D eigenvalue weighted by Gasteiger charge is 2.23.